The monoisotopic (exact) mass is 806 g/mol. The molecule has 0 saturated carbocycles. The van der Waals surface area contributed by atoms with E-state index in [4.69, 9.17) is 42.3 Å². The number of nitrogens with zero attached hydrogens (tertiary/aromatic N) is 1. The lowest BCUT2D eigenvalue weighted by atomic mass is 10.0. The maximum atomic E-state index is 14.5. The van der Waals surface area contributed by atoms with E-state index < -0.39 is 52.5 Å². The molecule has 0 unspecified atom stereocenters. The van der Waals surface area contributed by atoms with Crippen LogP contribution in [-0.2, 0) is 12.4 Å². The molecule has 0 heterocycles. The summed E-state index contributed by atoms with van der Waals surface area (Å²) < 4.78 is 119. The molecular formula is C33H29Cl3F8N2O6. The SMILES string of the molecule is COc1cc(F)c(Oc2ccc(C(F)(F)F)cc2Cl)cc1N(C(=O)O)C(C)(C)C.COc1cc(F)ccc1NOc1ccc(C(F)(F)F)cc1Cl.Cl. The summed E-state index contributed by atoms with van der Waals surface area (Å²) in [7, 11) is 2.58. The highest BCUT2D eigenvalue weighted by Gasteiger charge is 2.33. The highest BCUT2D eigenvalue weighted by atomic mass is 35.5. The van der Waals surface area contributed by atoms with Crippen LogP contribution in [0.25, 0.3) is 0 Å². The zero-order chi connectivity index (χ0) is 38.5. The van der Waals surface area contributed by atoms with Gasteiger partial charge in [-0.05, 0) is 69.3 Å². The van der Waals surface area contributed by atoms with Crippen LogP contribution in [0.15, 0.2) is 66.7 Å². The van der Waals surface area contributed by atoms with E-state index in [1.54, 1.807) is 20.8 Å². The van der Waals surface area contributed by atoms with Gasteiger partial charge in [0.05, 0.1) is 41.1 Å². The Morgan fingerprint density at radius 3 is 1.67 bits per heavy atom. The van der Waals surface area contributed by atoms with E-state index in [2.05, 4.69) is 5.48 Å². The fraction of sp³-hybridized carbons (Fsp3) is 0.242. The number of hydrogen-bond donors (Lipinski definition) is 2. The summed E-state index contributed by atoms with van der Waals surface area (Å²) >= 11 is 11.6. The summed E-state index contributed by atoms with van der Waals surface area (Å²) in [5, 5.41) is 8.99. The van der Waals surface area contributed by atoms with Gasteiger partial charge in [-0.3, -0.25) is 4.90 Å². The Balaban J connectivity index is 0.000000366. The second kappa shape index (κ2) is 17.3. The third kappa shape index (κ3) is 11.2. The Kier molecular flexibility index (Phi) is 14.5. The number of benzene rings is 4. The van der Waals surface area contributed by atoms with Gasteiger partial charge >= 0.3 is 18.4 Å². The highest BCUT2D eigenvalue weighted by molar-refractivity contribution is 6.32. The Labute approximate surface area is 308 Å². The molecular weight excluding hydrogens is 779 g/mol. The average molecular weight is 808 g/mol. The van der Waals surface area contributed by atoms with Gasteiger partial charge in [0.1, 0.15) is 28.8 Å². The Morgan fingerprint density at radius 1 is 0.712 bits per heavy atom. The number of alkyl halides is 6. The van der Waals surface area contributed by atoms with Gasteiger partial charge in [-0.2, -0.15) is 26.3 Å². The first-order chi connectivity index (χ1) is 23.6. The van der Waals surface area contributed by atoms with Gasteiger partial charge in [0.2, 0.25) is 0 Å². The molecule has 4 aromatic carbocycles. The lowest BCUT2D eigenvalue weighted by molar-refractivity contribution is -0.138. The fourth-order valence-electron chi connectivity index (χ4n) is 4.19. The van der Waals surface area contributed by atoms with Crippen LogP contribution in [0.3, 0.4) is 0 Å². The van der Waals surface area contributed by atoms with Crippen molar-refractivity contribution >= 4 is 53.1 Å². The minimum atomic E-state index is -4.60. The van der Waals surface area contributed by atoms with Gasteiger partial charge in [0, 0.05) is 23.7 Å². The van der Waals surface area contributed by atoms with Gasteiger partial charge in [0.15, 0.2) is 17.3 Å². The third-order valence-corrected chi connectivity index (χ3v) is 7.10. The smallest absolute Gasteiger partial charge is 0.416 e. The summed E-state index contributed by atoms with van der Waals surface area (Å²) in [6.45, 7) is 4.87. The van der Waals surface area contributed by atoms with Crippen molar-refractivity contribution in [3.05, 3.63) is 99.5 Å². The number of carbonyl (C=O) groups is 1. The van der Waals surface area contributed by atoms with Gasteiger partial charge in [-0.15, -0.1) is 12.4 Å². The number of halogens is 11. The normalized spacial score (nSPS) is 11.4. The topological polar surface area (TPSA) is 89.5 Å². The van der Waals surface area contributed by atoms with Crippen molar-refractivity contribution in [1.29, 1.82) is 0 Å². The molecule has 0 aliphatic carbocycles. The molecule has 0 aromatic heterocycles. The van der Waals surface area contributed by atoms with Crippen molar-refractivity contribution in [1.82, 2.24) is 0 Å². The van der Waals surface area contributed by atoms with Gasteiger partial charge in [-0.25, -0.2) is 19.1 Å². The molecule has 0 fully saturated rings. The lowest BCUT2D eigenvalue weighted by Crippen LogP contribution is -2.45. The molecule has 8 nitrogen and oxygen atoms in total. The van der Waals surface area contributed by atoms with E-state index in [0.29, 0.717) is 11.8 Å². The fourth-order valence-corrected chi connectivity index (χ4v) is 4.63. The number of carboxylic acid groups (broad SMARTS) is 1. The first-order valence-corrected chi connectivity index (χ1v) is 14.9. The van der Waals surface area contributed by atoms with E-state index in [0.717, 1.165) is 53.4 Å². The molecule has 0 saturated heterocycles. The first-order valence-electron chi connectivity index (χ1n) is 14.1. The Hall–Kier alpha value is -4.54. The van der Waals surface area contributed by atoms with E-state index in [-0.39, 0.29) is 51.1 Å². The molecule has 4 rings (SSSR count). The molecule has 0 aliphatic heterocycles. The first kappa shape index (κ1) is 43.6. The molecule has 0 atom stereocenters. The average Bonchev–Trinajstić information content (AvgIpc) is 3.01. The van der Waals surface area contributed by atoms with E-state index in [9.17, 15) is 45.0 Å². The molecule has 19 heteroatoms. The summed E-state index contributed by atoms with van der Waals surface area (Å²) in [4.78, 5) is 17.8. The van der Waals surface area contributed by atoms with Crippen molar-refractivity contribution in [3.63, 3.8) is 0 Å². The number of anilines is 2. The van der Waals surface area contributed by atoms with E-state index in [1.165, 1.54) is 26.4 Å². The van der Waals surface area contributed by atoms with Crippen LogP contribution >= 0.6 is 35.6 Å². The lowest BCUT2D eigenvalue weighted by Gasteiger charge is -2.34. The zero-order valence-corrected chi connectivity index (χ0v) is 29.8. The second-order valence-corrected chi connectivity index (χ2v) is 12.0. The minimum Gasteiger partial charge on any atom is -0.494 e. The molecule has 2 N–H and O–H groups in total. The van der Waals surface area contributed by atoms with Crippen LogP contribution in [-0.4, -0.2) is 31.0 Å². The van der Waals surface area contributed by atoms with Gasteiger partial charge < -0.3 is 24.2 Å². The molecule has 0 bridgehead atoms. The summed E-state index contributed by atoms with van der Waals surface area (Å²) in [6.07, 6.45) is -10.4. The van der Waals surface area contributed by atoms with Crippen molar-refractivity contribution in [2.75, 3.05) is 24.6 Å². The van der Waals surface area contributed by atoms with Gasteiger partial charge in [-0.1, -0.05) is 23.2 Å². The molecule has 284 valence electrons. The highest BCUT2D eigenvalue weighted by Crippen LogP contribution is 2.42. The number of amides is 1. The van der Waals surface area contributed by atoms with E-state index in [1.807, 2.05) is 0 Å². The minimum absolute atomic E-state index is 0. The summed E-state index contributed by atoms with van der Waals surface area (Å²) in [6, 6.07) is 10.7. The molecule has 52 heavy (non-hydrogen) atoms. The second-order valence-electron chi connectivity index (χ2n) is 11.2. The number of hydrogen-bond acceptors (Lipinski definition) is 6. The molecule has 4 aromatic rings. The van der Waals surface area contributed by atoms with Crippen LogP contribution in [0.4, 0.5) is 51.3 Å². The predicted molar refractivity (Wildman–Crippen MR) is 181 cm³/mol. The maximum absolute atomic E-state index is 14.5. The zero-order valence-electron chi connectivity index (χ0n) is 27.5. The van der Waals surface area contributed by atoms with Crippen molar-refractivity contribution in [2.24, 2.45) is 0 Å². The van der Waals surface area contributed by atoms with Crippen LogP contribution in [0.1, 0.15) is 31.9 Å². The van der Waals surface area contributed by atoms with Crippen LogP contribution in [0.2, 0.25) is 10.0 Å². The standard InChI is InChI=1S/C19H18ClF4NO4.C14H10ClF4NO2.ClH/c1-18(2,3)25(17(26)27)13-9-15(12(21)8-16(13)28-4)29-14-6-5-10(7-11(14)20)19(22,23)24;1-21-13-7-9(16)3-4-11(13)20-22-12-5-2-8(6-10(12)15)14(17,18)19;/h5-9H,1-4H3,(H,26,27);2-7,20H,1H3;1H. The molecule has 0 aliphatic rings. The van der Waals surface area contributed by atoms with Gasteiger partial charge in [0.25, 0.3) is 0 Å². The van der Waals surface area contributed by atoms with Crippen molar-refractivity contribution in [2.45, 2.75) is 38.7 Å². The molecule has 1 amide bonds. The third-order valence-electron chi connectivity index (χ3n) is 6.51. The number of nitrogens with one attached hydrogen (secondary N) is 1. The summed E-state index contributed by atoms with van der Waals surface area (Å²) in [5.74, 6) is -1.99. The Bertz CT molecular complexity index is 1870. The Morgan fingerprint density at radius 2 is 1.23 bits per heavy atom. The number of methoxy groups -OCH3 is 2. The predicted octanol–water partition coefficient (Wildman–Crippen LogP) is 11.9. The summed E-state index contributed by atoms with van der Waals surface area (Å²) in [5.41, 5.74) is -0.0583. The molecule has 0 spiro atoms. The van der Waals surface area contributed by atoms with Crippen LogP contribution in [0.5, 0.6) is 28.7 Å². The van der Waals surface area contributed by atoms with Crippen molar-refractivity contribution < 1.29 is 64.1 Å². The maximum Gasteiger partial charge on any atom is 0.416 e. The number of ether oxygens (including phenoxy) is 3. The number of rotatable bonds is 8. The van der Waals surface area contributed by atoms with Crippen LogP contribution in [0, 0.1) is 11.6 Å². The molecule has 0 radical (unpaired) electrons. The quantitative estimate of drug-likeness (QED) is 0.135. The van der Waals surface area contributed by atoms with Crippen LogP contribution < -0.4 is 29.4 Å². The van der Waals surface area contributed by atoms with E-state index >= 15 is 0 Å². The van der Waals surface area contributed by atoms with Crippen molar-refractivity contribution in [3.8, 4) is 28.7 Å². The largest absolute Gasteiger partial charge is 0.494 e.